The number of benzene rings is 7. The fourth-order valence-corrected chi connectivity index (χ4v) is 5.68. The molecule has 0 aliphatic heterocycles. The highest BCUT2D eigenvalue weighted by Crippen LogP contribution is 2.48. The summed E-state index contributed by atoms with van der Waals surface area (Å²) in [6.07, 6.45) is 1.50. The summed E-state index contributed by atoms with van der Waals surface area (Å²) in [7, 11) is 0. The second-order valence-electron chi connectivity index (χ2n) is 9.31. The van der Waals surface area contributed by atoms with E-state index in [9.17, 15) is 6.85 Å². The Bertz CT molecular complexity index is 3180. The molecule has 40 heavy (non-hydrogen) atoms. The van der Waals surface area contributed by atoms with Crippen LogP contribution in [0.5, 0.6) is 0 Å². The molecular weight excluding hydrogens is 488 g/mol. The van der Waals surface area contributed by atoms with E-state index in [1.165, 1.54) is 6.26 Å². The van der Waals surface area contributed by atoms with Crippen LogP contribution in [0.15, 0.2) is 142 Å². The van der Waals surface area contributed by atoms with Gasteiger partial charge in [0.2, 0.25) is 0 Å². The fourth-order valence-electron chi connectivity index (χ4n) is 5.68. The predicted octanol–water partition coefficient (Wildman–Crippen LogP) is 11.1. The molecule has 0 saturated carbocycles. The van der Waals surface area contributed by atoms with Crippen molar-refractivity contribution in [1.82, 2.24) is 0 Å². The third-order valence-corrected chi connectivity index (χ3v) is 7.29. The predicted molar refractivity (Wildman–Crippen MR) is 167 cm³/mol. The summed E-state index contributed by atoms with van der Waals surface area (Å²) in [5.41, 5.74) is 0.599. The van der Waals surface area contributed by atoms with Crippen LogP contribution < -0.4 is 0 Å². The maximum Gasteiger partial charge on any atom is 0.145 e. The molecule has 0 unspecified atom stereocenters. The van der Waals surface area contributed by atoms with E-state index < -0.39 is 107 Å². The number of fused-ring (bicyclic) bond motifs is 8. The monoisotopic (exact) mass is 525 g/mol. The second kappa shape index (κ2) is 8.08. The maximum atomic E-state index is 9.38. The lowest BCUT2D eigenvalue weighted by Crippen LogP contribution is -1.92. The third-order valence-electron chi connectivity index (χ3n) is 7.29. The van der Waals surface area contributed by atoms with Gasteiger partial charge in [0, 0.05) is 10.8 Å². The van der Waals surface area contributed by atoms with Gasteiger partial charge in [0.05, 0.1) is 32.2 Å². The number of hydrogen-bond acceptors (Lipinski definition) is 2. The van der Waals surface area contributed by atoms with Gasteiger partial charge in [-0.15, -0.1) is 0 Å². The lowest BCUT2D eigenvalue weighted by molar-refractivity contribution is 0.618. The molecule has 2 nitrogen and oxygen atoms in total. The zero-order chi connectivity index (χ0) is 39.3. The summed E-state index contributed by atoms with van der Waals surface area (Å²) in [5, 5.41) is -0.314. The first-order chi connectivity index (χ1) is 26.1. The number of furan rings is 2. The summed E-state index contributed by atoms with van der Waals surface area (Å²) < 4.78 is 146. The normalized spacial score (nSPS) is 17.2. The van der Waals surface area contributed by atoms with Gasteiger partial charge >= 0.3 is 0 Å². The molecule has 0 amide bonds. The van der Waals surface area contributed by atoms with Crippen LogP contribution in [0.25, 0.3) is 87.5 Å². The van der Waals surface area contributed by atoms with Crippen molar-refractivity contribution in [2.45, 2.75) is 0 Å². The van der Waals surface area contributed by atoms with Gasteiger partial charge in [-0.1, -0.05) is 103 Å². The lowest BCUT2D eigenvalue weighted by Gasteiger charge is -2.19. The molecule has 0 aliphatic rings. The Balaban J connectivity index is 1.67. The Morgan fingerprint density at radius 3 is 1.85 bits per heavy atom. The molecule has 9 rings (SSSR count). The zero-order valence-corrected chi connectivity index (χ0v) is 20.4. The summed E-state index contributed by atoms with van der Waals surface area (Å²) in [6.45, 7) is 0. The topological polar surface area (TPSA) is 26.3 Å². The average Bonchev–Trinajstić information content (AvgIpc) is 3.82. The Morgan fingerprint density at radius 2 is 1.10 bits per heavy atom. The minimum atomic E-state index is -0.767. The van der Waals surface area contributed by atoms with Crippen LogP contribution in [0.4, 0.5) is 0 Å². The minimum Gasteiger partial charge on any atom is -0.464 e. The Kier molecular flexibility index (Phi) is 2.39. The van der Waals surface area contributed by atoms with E-state index >= 15 is 0 Å². The Hall–Kier alpha value is -5.34. The molecule has 0 spiro atoms. The second-order valence-corrected chi connectivity index (χ2v) is 9.31. The molecule has 0 N–H and O–H groups in total. The number of hydrogen-bond donors (Lipinski definition) is 0. The van der Waals surface area contributed by atoms with Gasteiger partial charge in [-0.2, -0.15) is 0 Å². The molecule has 0 fully saturated rings. The van der Waals surface area contributed by atoms with E-state index in [-0.39, 0.29) is 38.2 Å². The molecule has 0 aliphatic carbocycles. The van der Waals surface area contributed by atoms with Crippen molar-refractivity contribution in [1.29, 1.82) is 0 Å². The van der Waals surface area contributed by atoms with Crippen LogP contribution in [0.2, 0.25) is 0 Å². The van der Waals surface area contributed by atoms with Crippen LogP contribution in [0.1, 0.15) is 20.6 Å². The molecule has 2 heterocycles. The summed E-state index contributed by atoms with van der Waals surface area (Å²) in [4.78, 5) is 0. The Labute approximate surface area is 250 Å². The van der Waals surface area contributed by atoms with E-state index in [2.05, 4.69) is 0 Å². The maximum absolute atomic E-state index is 9.38. The van der Waals surface area contributed by atoms with Crippen molar-refractivity contribution in [3.05, 3.63) is 133 Å². The largest absolute Gasteiger partial charge is 0.464 e. The van der Waals surface area contributed by atoms with Gasteiger partial charge < -0.3 is 8.83 Å². The Morgan fingerprint density at radius 1 is 0.475 bits per heavy atom. The molecule has 9 aromatic rings. The summed E-state index contributed by atoms with van der Waals surface area (Å²) >= 11 is 0. The van der Waals surface area contributed by atoms with Crippen molar-refractivity contribution in [2.24, 2.45) is 0 Å². The first kappa shape index (κ1) is 11.8. The highest BCUT2D eigenvalue weighted by molar-refractivity contribution is 6.28. The fraction of sp³-hybridized carbons (Fsp3) is 0. The molecule has 2 aromatic heterocycles. The summed E-state index contributed by atoms with van der Waals surface area (Å²) in [5.74, 6) is 0. The molecular formula is C38H22O2. The molecule has 7 aromatic carbocycles. The van der Waals surface area contributed by atoms with Crippen LogP contribution in [-0.2, 0) is 0 Å². The van der Waals surface area contributed by atoms with E-state index in [0.717, 1.165) is 5.39 Å². The van der Waals surface area contributed by atoms with Crippen molar-refractivity contribution in [3.8, 4) is 22.3 Å². The summed E-state index contributed by atoms with van der Waals surface area (Å²) in [6, 6.07) is -0.172. The first-order valence-electron chi connectivity index (χ1n) is 19.9. The standard InChI is InChI=1S/C38H22O2/c1-2-11-25-23(9-1)10-7-16-26(25)34-27-12-3-5-14-29(27)35(30-15-6-4-13-28(30)34)31-17-8-18-32-36(31)37-33(40-32)20-19-24-21-22-39-38(24)37/h1-22H/i1D,2D,3D,4D,5D,6D,7D,9D,10D,11D,12D,13D,14D,15D,16D. The number of rotatable bonds is 2. The zero-order valence-electron chi connectivity index (χ0n) is 35.4. The molecule has 186 valence electrons. The first-order valence-corrected chi connectivity index (χ1v) is 12.4. The van der Waals surface area contributed by atoms with E-state index in [1.807, 2.05) is 0 Å². The van der Waals surface area contributed by atoms with Crippen molar-refractivity contribution >= 4 is 65.2 Å². The molecule has 0 atom stereocenters. The lowest BCUT2D eigenvalue weighted by atomic mass is 9.84. The van der Waals surface area contributed by atoms with Crippen LogP contribution in [-0.4, -0.2) is 0 Å². The highest BCUT2D eigenvalue weighted by atomic mass is 16.3. The minimum absolute atomic E-state index is 0.0226. The quantitative estimate of drug-likeness (QED) is 0.210. The van der Waals surface area contributed by atoms with Crippen molar-refractivity contribution in [2.75, 3.05) is 0 Å². The van der Waals surface area contributed by atoms with Crippen LogP contribution in [0, 0.1) is 0 Å². The van der Waals surface area contributed by atoms with Crippen LogP contribution >= 0.6 is 0 Å². The highest BCUT2D eigenvalue weighted by Gasteiger charge is 2.22. The molecule has 0 saturated heterocycles. The third kappa shape index (κ3) is 2.88. The smallest absolute Gasteiger partial charge is 0.145 e. The van der Waals surface area contributed by atoms with Gasteiger partial charge in [0.25, 0.3) is 0 Å². The van der Waals surface area contributed by atoms with Gasteiger partial charge in [-0.25, -0.2) is 0 Å². The molecule has 0 bridgehead atoms. The average molecular weight is 526 g/mol. The van der Waals surface area contributed by atoms with Gasteiger partial charge in [-0.3, -0.25) is 0 Å². The van der Waals surface area contributed by atoms with Gasteiger partial charge in [0.1, 0.15) is 16.7 Å². The van der Waals surface area contributed by atoms with Gasteiger partial charge in [-0.05, 0) is 78.8 Å². The van der Waals surface area contributed by atoms with E-state index in [4.69, 9.17) is 22.5 Å². The van der Waals surface area contributed by atoms with Crippen molar-refractivity contribution < 1.29 is 29.4 Å². The van der Waals surface area contributed by atoms with E-state index in [0.29, 0.717) is 27.5 Å². The van der Waals surface area contributed by atoms with E-state index in [1.54, 1.807) is 36.4 Å². The van der Waals surface area contributed by atoms with Crippen LogP contribution in [0.3, 0.4) is 0 Å². The molecule has 0 radical (unpaired) electrons. The van der Waals surface area contributed by atoms with Gasteiger partial charge in [0.15, 0.2) is 0 Å². The molecule has 2 heteroatoms. The van der Waals surface area contributed by atoms with Crippen molar-refractivity contribution in [3.63, 3.8) is 0 Å². The SMILES string of the molecule is [2H]c1c([2H])c([2H])c2c(-c3c4c([2H])c([2H])c([2H])c([2H])c4c(-c4cccc5oc6ccc7ccoc7c6c45)c4c([2H])c([2H])c([2H])c([2H])c34)c([2H])c([2H])c([2H])c2c1[2H].